The van der Waals surface area contributed by atoms with Gasteiger partial charge in [-0.2, -0.15) is 0 Å². The average molecular weight is 285 g/mol. The van der Waals surface area contributed by atoms with Gasteiger partial charge in [0.2, 0.25) is 0 Å². The number of carbonyl (C=O) groups is 1. The van der Waals surface area contributed by atoms with Crippen LogP contribution in [0.5, 0.6) is 0 Å². The zero-order valence-electron chi connectivity index (χ0n) is 9.17. The molecule has 0 spiro atoms. The second-order valence-corrected chi connectivity index (χ2v) is 6.00. The first-order chi connectivity index (χ1) is 8.06. The lowest BCUT2D eigenvalue weighted by molar-refractivity contribution is 0.0993. The van der Waals surface area contributed by atoms with Gasteiger partial charge in [0.15, 0.2) is 5.78 Å². The van der Waals surface area contributed by atoms with E-state index in [1.54, 1.807) is 18.2 Å². The van der Waals surface area contributed by atoms with E-state index in [0.29, 0.717) is 21.3 Å². The Balaban J connectivity index is 2.22. The van der Waals surface area contributed by atoms with Gasteiger partial charge in [-0.3, -0.25) is 4.79 Å². The molecular formula is C13H10Cl2OS. The van der Waals surface area contributed by atoms with Gasteiger partial charge in [-0.15, -0.1) is 11.3 Å². The fourth-order valence-corrected chi connectivity index (χ4v) is 2.85. The summed E-state index contributed by atoms with van der Waals surface area (Å²) >= 11 is 13.2. The monoisotopic (exact) mass is 284 g/mol. The minimum atomic E-state index is 0.0727. The van der Waals surface area contributed by atoms with Crippen molar-refractivity contribution in [1.82, 2.24) is 0 Å². The van der Waals surface area contributed by atoms with Gasteiger partial charge in [0.05, 0.1) is 4.34 Å². The number of thiophene rings is 1. The van der Waals surface area contributed by atoms with Crippen molar-refractivity contribution in [3.63, 3.8) is 0 Å². The largest absolute Gasteiger partial charge is 0.294 e. The van der Waals surface area contributed by atoms with Crippen LogP contribution in [-0.4, -0.2) is 5.78 Å². The maximum Gasteiger partial charge on any atom is 0.168 e. The Labute approximate surface area is 114 Å². The highest BCUT2D eigenvalue weighted by atomic mass is 35.5. The van der Waals surface area contributed by atoms with Crippen LogP contribution >= 0.6 is 34.5 Å². The van der Waals surface area contributed by atoms with Crippen LogP contribution in [-0.2, 0) is 6.42 Å². The molecule has 0 saturated carbocycles. The Morgan fingerprint density at radius 1 is 1.24 bits per heavy atom. The predicted molar refractivity (Wildman–Crippen MR) is 73.6 cm³/mol. The lowest BCUT2D eigenvalue weighted by Gasteiger charge is -2.04. The molecule has 4 heteroatoms. The SMILES string of the molecule is Cc1ccc(Cl)cc1C(=O)Cc1ccc(Cl)s1. The molecule has 0 N–H and O–H groups in total. The van der Waals surface area contributed by atoms with E-state index in [0.717, 1.165) is 10.4 Å². The summed E-state index contributed by atoms with van der Waals surface area (Å²) in [6, 6.07) is 9.05. The van der Waals surface area contributed by atoms with Crippen LogP contribution in [0.25, 0.3) is 0 Å². The molecule has 0 fully saturated rings. The van der Waals surface area contributed by atoms with Gasteiger partial charge in [0.25, 0.3) is 0 Å². The lowest BCUT2D eigenvalue weighted by Crippen LogP contribution is -2.04. The number of halogens is 2. The highest BCUT2D eigenvalue weighted by Gasteiger charge is 2.11. The number of carbonyl (C=O) groups excluding carboxylic acids is 1. The third-order valence-corrected chi connectivity index (χ3v) is 3.93. The summed E-state index contributed by atoms with van der Waals surface area (Å²) in [6.45, 7) is 1.91. The summed E-state index contributed by atoms with van der Waals surface area (Å²) in [4.78, 5) is 13.1. The lowest BCUT2D eigenvalue weighted by atomic mass is 10.0. The summed E-state index contributed by atoms with van der Waals surface area (Å²) in [5.74, 6) is 0.0727. The van der Waals surface area contributed by atoms with E-state index in [1.165, 1.54) is 11.3 Å². The minimum Gasteiger partial charge on any atom is -0.294 e. The maximum atomic E-state index is 12.1. The highest BCUT2D eigenvalue weighted by molar-refractivity contribution is 7.16. The third-order valence-electron chi connectivity index (χ3n) is 2.46. The van der Waals surface area contributed by atoms with Crippen LogP contribution in [0.15, 0.2) is 30.3 Å². The molecule has 0 saturated heterocycles. The van der Waals surface area contributed by atoms with Crippen molar-refractivity contribution in [1.29, 1.82) is 0 Å². The van der Waals surface area contributed by atoms with E-state index in [1.807, 2.05) is 19.1 Å². The molecule has 0 amide bonds. The average Bonchev–Trinajstić information content (AvgIpc) is 2.67. The Morgan fingerprint density at radius 2 is 2.00 bits per heavy atom. The normalized spacial score (nSPS) is 10.5. The summed E-state index contributed by atoms with van der Waals surface area (Å²) in [7, 11) is 0. The molecule has 0 atom stereocenters. The predicted octanol–water partition coefficient (Wildman–Crippen LogP) is 4.79. The van der Waals surface area contributed by atoms with Gasteiger partial charge < -0.3 is 0 Å². The minimum absolute atomic E-state index is 0.0727. The van der Waals surface area contributed by atoms with Crippen LogP contribution in [0.1, 0.15) is 20.8 Å². The molecule has 1 aromatic carbocycles. The van der Waals surface area contributed by atoms with Gasteiger partial charge in [-0.1, -0.05) is 29.3 Å². The number of Topliss-reactive ketones (excluding diaryl/α,β-unsaturated/α-hetero) is 1. The van der Waals surface area contributed by atoms with Crippen LogP contribution in [0.2, 0.25) is 9.36 Å². The Kier molecular flexibility index (Phi) is 3.87. The first-order valence-corrected chi connectivity index (χ1v) is 6.67. The first-order valence-electron chi connectivity index (χ1n) is 5.10. The Morgan fingerprint density at radius 3 is 2.65 bits per heavy atom. The van der Waals surface area contributed by atoms with Crippen molar-refractivity contribution < 1.29 is 4.79 Å². The molecule has 0 bridgehead atoms. The quantitative estimate of drug-likeness (QED) is 0.741. The second-order valence-electron chi connectivity index (χ2n) is 3.77. The number of hydrogen-bond donors (Lipinski definition) is 0. The van der Waals surface area contributed by atoms with Crippen molar-refractivity contribution in [3.05, 3.63) is 55.7 Å². The van der Waals surface area contributed by atoms with Crippen LogP contribution in [0, 0.1) is 6.92 Å². The van der Waals surface area contributed by atoms with Crippen LogP contribution < -0.4 is 0 Å². The van der Waals surface area contributed by atoms with Crippen LogP contribution in [0.4, 0.5) is 0 Å². The Hall–Kier alpha value is -0.830. The summed E-state index contributed by atoms with van der Waals surface area (Å²) in [6.07, 6.45) is 0.374. The fraction of sp³-hybridized carbons (Fsp3) is 0.154. The molecule has 88 valence electrons. The molecule has 2 rings (SSSR count). The molecule has 0 aliphatic heterocycles. The van der Waals surface area contributed by atoms with Gasteiger partial charge in [-0.05, 0) is 36.8 Å². The van der Waals surface area contributed by atoms with E-state index in [-0.39, 0.29) is 5.78 Å². The second kappa shape index (κ2) is 5.21. The molecule has 0 radical (unpaired) electrons. The van der Waals surface area contributed by atoms with Crippen molar-refractivity contribution in [3.8, 4) is 0 Å². The van der Waals surface area contributed by atoms with Gasteiger partial charge in [0.1, 0.15) is 0 Å². The van der Waals surface area contributed by atoms with Gasteiger partial charge in [0, 0.05) is 21.9 Å². The Bertz CT molecular complexity index is 560. The van der Waals surface area contributed by atoms with E-state index in [2.05, 4.69) is 0 Å². The molecular weight excluding hydrogens is 275 g/mol. The zero-order valence-corrected chi connectivity index (χ0v) is 11.5. The molecule has 2 aromatic rings. The number of rotatable bonds is 3. The van der Waals surface area contributed by atoms with Gasteiger partial charge in [-0.25, -0.2) is 0 Å². The topological polar surface area (TPSA) is 17.1 Å². The molecule has 1 nitrogen and oxygen atoms in total. The van der Waals surface area contributed by atoms with Crippen molar-refractivity contribution in [2.75, 3.05) is 0 Å². The number of aryl methyl sites for hydroxylation is 1. The van der Waals surface area contributed by atoms with E-state index < -0.39 is 0 Å². The zero-order chi connectivity index (χ0) is 12.4. The number of ketones is 1. The van der Waals surface area contributed by atoms with Gasteiger partial charge >= 0.3 is 0 Å². The molecule has 0 unspecified atom stereocenters. The smallest absolute Gasteiger partial charge is 0.168 e. The molecule has 17 heavy (non-hydrogen) atoms. The highest BCUT2D eigenvalue weighted by Crippen LogP contribution is 2.24. The summed E-state index contributed by atoms with van der Waals surface area (Å²) in [5, 5.41) is 0.586. The maximum absolute atomic E-state index is 12.1. The standard InChI is InChI=1S/C13H10Cl2OS/c1-8-2-3-9(14)6-11(8)12(16)7-10-4-5-13(15)17-10/h2-6H,7H2,1H3. The number of hydrogen-bond acceptors (Lipinski definition) is 2. The molecule has 1 heterocycles. The number of benzene rings is 1. The molecule has 0 aliphatic carbocycles. The third kappa shape index (κ3) is 3.09. The molecule has 0 aliphatic rings. The van der Waals surface area contributed by atoms with E-state index in [9.17, 15) is 4.79 Å². The van der Waals surface area contributed by atoms with Crippen LogP contribution in [0.3, 0.4) is 0 Å². The summed E-state index contributed by atoms with van der Waals surface area (Å²) < 4.78 is 0.704. The van der Waals surface area contributed by atoms with Crippen molar-refractivity contribution in [2.24, 2.45) is 0 Å². The first kappa shape index (κ1) is 12.6. The summed E-state index contributed by atoms with van der Waals surface area (Å²) in [5.41, 5.74) is 1.63. The molecule has 1 aromatic heterocycles. The van der Waals surface area contributed by atoms with E-state index >= 15 is 0 Å². The van der Waals surface area contributed by atoms with Crippen molar-refractivity contribution >= 4 is 40.3 Å². The fourth-order valence-electron chi connectivity index (χ4n) is 1.59. The van der Waals surface area contributed by atoms with Crippen molar-refractivity contribution in [2.45, 2.75) is 13.3 Å². The van der Waals surface area contributed by atoms with E-state index in [4.69, 9.17) is 23.2 Å².